The lowest BCUT2D eigenvalue weighted by molar-refractivity contribution is 0.226. The van der Waals surface area contributed by atoms with E-state index in [2.05, 4.69) is 48.1 Å². The molecule has 1 aromatic carbocycles. The number of fused-ring (bicyclic) bond motifs is 1. The molecule has 2 aliphatic rings. The van der Waals surface area contributed by atoms with Crippen molar-refractivity contribution in [2.75, 3.05) is 46.4 Å². The van der Waals surface area contributed by atoms with Crippen LogP contribution in [0.5, 0.6) is 5.75 Å². The summed E-state index contributed by atoms with van der Waals surface area (Å²) in [5.41, 5.74) is 4.32. The van der Waals surface area contributed by atoms with Crippen molar-refractivity contribution in [3.8, 4) is 5.75 Å². The topological polar surface area (TPSA) is 27.7 Å². The third-order valence-electron chi connectivity index (χ3n) is 5.07. The van der Waals surface area contributed by atoms with Crippen LogP contribution in [0, 0.1) is 0 Å². The van der Waals surface area contributed by atoms with Gasteiger partial charge in [0, 0.05) is 50.9 Å². The van der Waals surface area contributed by atoms with Crippen LogP contribution in [0.3, 0.4) is 0 Å². The van der Waals surface area contributed by atoms with E-state index >= 15 is 0 Å². The fourth-order valence-corrected chi connectivity index (χ4v) is 3.55. The number of hydrogen-bond acceptors (Lipinski definition) is 4. The minimum absolute atomic E-state index is 0.483. The fourth-order valence-electron chi connectivity index (χ4n) is 3.55. The Balaban J connectivity index is 1.87. The van der Waals surface area contributed by atoms with Gasteiger partial charge in [-0.3, -0.25) is 9.80 Å². The van der Waals surface area contributed by atoms with E-state index in [0.29, 0.717) is 6.04 Å². The van der Waals surface area contributed by atoms with Gasteiger partial charge in [0.25, 0.3) is 0 Å². The molecule has 1 saturated heterocycles. The molecule has 4 nitrogen and oxygen atoms in total. The van der Waals surface area contributed by atoms with E-state index in [-0.39, 0.29) is 0 Å². The van der Waals surface area contributed by atoms with Crippen LogP contribution >= 0.6 is 0 Å². The summed E-state index contributed by atoms with van der Waals surface area (Å²) in [4.78, 5) is 4.95. The minimum Gasteiger partial charge on any atom is -0.494 e. The summed E-state index contributed by atoms with van der Waals surface area (Å²) in [5, 5.41) is 3.42. The van der Waals surface area contributed by atoms with Crippen LogP contribution in [0.15, 0.2) is 12.1 Å². The minimum atomic E-state index is 0.483. The third kappa shape index (κ3) is 3.29. The SMILES string of the molecule is CCOc1cc2c(cc1CN1CCNCC1)CCN(C)C2C. The average molecular weight is 303 g/mol. The highest BCUT2D eigenvalue weighted by atomic mass is 16.5. The van der Waals surface area contributed by atoms with Crippen LogP contribution in [-0.4, -0.2) is 56.2 Å². The van der Waals surface area contributed by atoms with Crippen molar-refractivity contribution in [2.24, 2.45) is 0 Å². The van der Waals surface area contributed by atoms with Crippen LogP contribution in [0.4, 0.5) is 0 Å². The number of nitrogens with one attached hydrogen (secondary N) is 1. The van der Waals surface area contributed by atoms with Crippen molar-refractivity contribution in [3.05, 3.63) is 28.8 Å². The zero-order valence-corrected chi connectivity index (χ0v) is 14.2. The molecule has 0 amide bonds. The van der Waals surface area contributed by atoms with Gasteiger partial charge in [-0.2, -0.15) is 0 Å². The van der Waals surface area contributed by atoms with Crippen molar-refractivity contribution in [3.63, 3.8) is 0 Å². The second-order valence-corrected chi connectivity index (χ2v) is 6.52. The molecule has 1 aromatic rings. The van der Waals surface area contributed by atoms with Gasteiger partial charge in [0.15, 0.2) is 0 Å². The van der Waals surface area contributed by atoms with Crippen LogP contribution in [0.1, 0.15) is 36.6 Å². The molecule has 122 valence electrons. The third-order valence-corrected chi connectivity index (χ3v) is 5.07. The lowest BCUT2D eigenvalue weighted by atomic mass is 9.91. The molecule has 1 atom stereocenters. The van der Waals surface area contributed by atoms with Crippen LogP contribution in [0.2, 0.25) is 0 Å². The van der Waals surface area contributed by atoms with Gasteiger partial charge < -0.3 is 10.1 Å². The maximum atomic E-state index is 5.97. The first kappa shape index (κ1) is 15.8. The number of ether oxygens (including phenoxy) is 1. The van der Waals surface area contributed by atoms with Crippen molar-refractivity contribution in [1.82, 2.24) is 15.1 Å². The van der Waals surface area contributed by atoms with Crippen molar-refractivity contribution in [2.45, 2.75) is 32.9 Å². The van der Waals surface area contributed by atoms with Gasteiger partial charge in [-0.05, 0) is 44.5 Å². The first-order chi connectivity index (χ1) is 10.7. The molecule has 0 aromatic heterocycles. The Kier molecular flexibility index (Phi) is 5.01. The monoisotopic (exact) mass is 303 g/mol. The quantitative estimate of drug-likeness (QED) is 0.921. The number of benzene rings is 1. The van der Waals surface area contributed by atoms with E-state index in [1.807, 2.05) is 0 Å². The second kappa shape index (κ2) is 6.99. The summed E-state index contributed by atoms with van der Waals surface area (Å²) < 4.78 is 5.97. The van der Waals surface area contributed by atoms with Gasteiger partial charge in [-0.15, -0.1) is 0 Å². The van der Waals surface area contributed by atoms with Gasteiger partial charge in [0.2, 0.25) is 0 Å². The van der Waals surface area contributed by atoms with Crippen molar-refractivity contribution >= 4 is 0 Å². The first-order valence-electron chi connectivity index (χ1n) is 8.61. The maximum Gasteiger partial charge on any atom is 0.124 e. The number of nitrogens with zero attached hydrogens (tertiary/aromatic N) is 2. The lowest BCUT2D eigenvalue weighted by Crippen LogP contribution is -2.43. The summed E-state index contributed by atoms with van der Waals surface area (Å²) in [6, 6.07) is 5.19. The van der Waals surface area contributed by atoms with Gasteiger partial charge in [-0.25, -0.2) is 0 Å². The molecule has 0 aliphatic carbocycles. The summed E-state index contributed by atoms with van der Waals surface area (Å²) in [6.45, 7) is 11.7. The Hall–Kier alpha value is -1.10. The molecule has 1 fully saturated rings. The zero-order valence-electron chi connectivity index (χ0n) is 14.2. The molecule has 0 saturated carbocycles. The van der Waals surface area contributed by atoms with Crippen molar-refractivity contribution < 1.29 is 4.74 Å². The Morgan fingerprint density at radius 2 is 2.00 bits per heavy atom. The maximum absolute atomic E-state index is 5.97. The number of rotatable bonds is 4. The smallest absolute Gasteiger partial charge is 0.124 e. The van der Waals surface area contributed by atoms with Crippen molar-refractivity contribution in [1.29, 1.82) is 0 Å². The Morgan fingerprint density at radius 3 is 2.73 bits per heavy atom. The number of likely N-dealkylation sites (N-methyl/N-ethyl adjacent to an activating group) is 1. The Morgan fingerprint density at radius 1 is 1.23 bits per heavy atom. The standard InChI is InChI=1S/C18H29N3O/c1-4-22-18-12-17-14(2)20(3)8-5-15(17)11-16(18)13-21-9-6-19-7-10-21/h11-12,14,19H,4-10,13H2,1-3H3. The van der Waals surface area contributed by atoms with Gasteiger partial charge in [0.1, 0.15) is 5.75 Å². The molecule has 2 aliphatic heterocycles. The Labute approximate surface area is 134 Å². The van der Waals surface area contributed by atoms with Gasteiger partial charge in [0.05, 0.1) is 6.61 Å². The molecular formula is C18H29N3O. The lowest BCUT2D eigenvalue weighted by Gasteiger charge is -2.34. The molecular weight excluding hydrogens is 274 g/mol. The highest BCUT2D eigenvalue weighted by molar-refractivity contribution is 5.45. The van der Waals surface area contributed by atoms with E-state index in [1.54, 1.807) is 0 Å². The fraction of sp³-hybridized carbons (Fsp3) is 0.667. The summed E-state index contributed by atoms with van der Waals surface area (Å²) >= 11 is 0. The van der Waals surface area contributed by atoms with Crippen LogP contribution in [0.25, 0.3) is 0 Å². The molecule has 3 rings (SSSR count). The predicted octanol–water partition coefficient (Wildman–Crippen LogP) is 2.04. The second-order valence-electron chi connectivity index (χ2n) is 6.52. The normalized spacial score (nSPS) is 23.3. The largest absolute Gasteiger partial charge is 0.494 e. The molecule has 1 unspecified atom stereocenters. The van der Waals surface area contributed by atoms with E-state index in [4.69, 9.17) is 4.74 Å². The van der Waals surface area contributed by atoms with Crippen LogP contribution in [-0.2, 0) is 13.0 Å². The molecule has 4 heteroatoms. The molecule has 0 bridgehead atoms. The van der Waals surface area contributed by atoms with E-state index in [0.717, 1.165) is 58.0 Å². The zero-order chi connectivity index (χ0) is 15.5. The van der Waals surface area contributed by atoms with E-state index in [9.17, 15) is 0 Å². The Bertz CT molecular complexity index is 511. The van der Waals surface area contributed by atoms with Gasteiger partial charge >= 0.3 is 0 Å². The first-order valence-corrected chi connectivity index (χ1v) is 8.61. The number of piperazine rings is 1. The van der Waals surface area contributed by atoms with E-state index in [1.165, 1.54) is 16.7 Å². The average Bonchev–Trinajstić information content (AvgIpc) is 2.53. The number of hydrogen-bond donors (Lipinski definition) is 1. The van der Waals surface area contributed by atoms with Crippen LogP contribution < -0.4 is 10.1 Å². The molecule has 1 N–H and O–H groups in total. The molecule has 22 heavy (non-hydrogen) atoms. The molecule has 2 heterocycles. The summed E-state index contributed by atoms with van der Waals surface area (Å²) in [5.74, 6) is 1.09. The predicted molar refractivity (Wildman–Crippen MR) is 90.5 cm³/mol. The molecule has 0 radical (unpaired) electrons. The van der Waals surface area contributed by atoms with E-state index < -0.39 is 0 Å². The summed E-state index contributed by atoms with van der Waals surface area (Å²) in [6.07, 6.45) is 1.15. The van der Waals surface area contributed by atoms with Gasteiger partial charge in [-0.1, -0.05) is 6.07 Å². The highest BCUT2D eigenvalue weighted by Crippen LogP contribution is 2.34. The molecule has 0 spiro atoms. The highest BCUT2D eigenvalue weighted by Gasteiger charge is 2.23. The summed E-state index contributed by atoms with van der Waals surface area (Å²) in [7, 11) is 2.21.